The number of thiophene rings is 1. The molecule has 0 N–H and O–H groups in total. The highest BCUT2D eigenvalue weighted by molar-refractivity contribution is 7.26. The fourth-order valence-corrected chi connectivity index (χ4v) is 12.7. The molecule has 0 atom stereocenters. The Morgan fingerprint density at radius 1 is 0.307 bits per heavy atom. The fourth-order valence-electron chi connectivity index (χ4n) is 11.5. The van der Waals surface area contributed by atoms with Crippen molar-refractivity contribution < 1.29 is 8.83 Å². The standard InChI is InChI=1S/C70H46N2O2S/c1-43-27-33-61(57(35-43)45-15-5-3-6-16-45)71(63-23-13-21-55-53-19-9-11-25-65(53)73-69(55)63)51-31-29-47-41-67-59(39-49(47)37-51)60-40-50-38-52(32-30-48(50)42-68(60)75-67)72(62-34-28-44(2)36-58(62)46-17-7-4-8-18-46)64-24-14-22-56-54-20-10-12-26-66(54)74-70(56)64/h3-42H,1-2H3. The van der Waals surface area contributed by atoms with Crippen molar-refractivity contribution in [3.8, 4) is 22.3 Å². The van der Waals surface area contributed by atoms with E-state index in [1.54, 1.807) is 0 Å². The van der Waals surface area contributed by atoms with Gasteiger partial charge in [0.2, 0.25) is 0 Å². The summed E-state index contributed by atoms with van der Waals surface area (Å²) < 4.78 is 16.1. The van der Waals surface area contributed by atoms with Crippen LogP contribution in [0, 0.1) is 13.8 Å². The predicted octanol–water partition coefficient (Wildman–Crippen LogP) is 21.1. The average Bonchev–Trinajstić information content (AvgIpc) is 4.17. The lowest BCUT2D eigenvalue weighted by Gasteiger charge is -2.28. The quantitative estimate of drug-likeness (QED) is 0.152. The van der Waals surface area contributed by atoms with Crippen molar-refractivity contribution >= 4 is 131 Å². The highest BCUT2D eigenvalue weighted by Gasteiger charge is 2.25. The highest BCUT2D eigenvalue weighted by atomic mass is 32.1. The van der Waals surface area contributed by atoms with Crippen LogP contribution in [0.5, 0.6) is 0 Å². The molecule has 5 heteroatoms. The maximum absolute atomic E-state index is 6.78. The molecule has 0 amide bonds. The maximum atomic E-state index is 6.78. The predicted molar refractivity (Wildman–Crippen MR) is 319 cm³/mol. The molecule has 0 saturated heterocycles. The number of benzene rings is 12. The van der Waals surface area contributed by atoms with Crippen LogP contribution >= 0.6 is 11.3 Å². The van der Waals surface area contributed by atoms with E-state index in [9.17, 15) is 0 Å². The summed E-state index contributed by atoms with van der Waals surface area (Å²) in [5.41, 5.74) is 16.7. The lowest BCUT2D eigenvalue weighted by Crippen LogP contribution is -2.11. The van der Waals surface area contributed by atoms with E-state index >= 15 is 0 Å². The summed E-state index contributed by atoms with van der Waals surface area (Å²) in [6.45, 7) is 4.34. The number of anilines is 6. The molecule has 0 fully saturated rings. The van der Waals surface area contributed by atoms with E-state index in [1.807, 2.05) is 23.5 Å². The van der Waals surface area contributed by atoms with Gasteiger partial charge in [0.05, 0.1) is 22.7 Å². The smallest absolute Gasteiger partial charge is 0.159 e. The van der Waals surface area contributed by atoms with Crippen LogP contribution in [0.25, 0.3) is 108 Å². The van der Waals surface area contributed by atoms with Crippen LogP contribution in [-0.2, 0) is 0 Å². The molecule has 0 bridgehead atoms. The molecule has 0 radical (unpaired) electrons. The molecule has 0 aliphatic heterocycles. The summed E-state index contributed by atoms with van der Waals surface area (Å²) in [7, 11) is 0. The largest absolute Gasteiger partial charge is 0.454 e. The minimum atomic E-state index is 0.857. The molecule has 15 rings (SSSR count). The lowest BCUT2D eigenvalue weighted by molar-refractivity contribution is 0.668. The Labute approximate surface area is 437 Å². The summed E-state index contributed by atoms with van der Waals surface area (Å²) >= 11 is 1.86. The Morgan fingerprint density at radius 3 is 1.20 bits per heavy atom. The molecule has 0 aliphatic carbocycles. The van der Waals surface area contributed by atoms with Gasteiger partial charge in [0.25, 0.3) is 0 Å². The lowest BCUT2D eigenvalue weighted by atomic mass is 9.98. The molecule has 3 aromatic heterocycles. The summed E-state index contributed by atoms with van der Waals surface area (Å²) in [4.78, 5) is 4.79. The molecule has 0 unspecified atom stereocenters. The summed E-state index contributed by atoms with van der Waals surface area (Å²) in [5.74, 6) is 0. The number of furan rings is 2. The van der Waals surface area contributed by atoms with Gasteiger partial charge in [-0.2, -0.15) is 0 Å². The number of para-hydroxylation sites is 4. The van der Waals surface area contributed by atoms with Gasteiger partial charge in [-0.05, 0) is 144 Å². The molecule has 12 aromatic carbocycles. The Kier molecular flexibility index (Phi) is 9.84. The molecule has 3 heterocycles. The van der Waals surface area contributed by atoms with Gasteiger partial charge < -0.3 is 18.6 Å². The maximum Gasteiger partial charge on any atom is 0.159 e. The van der Waals surface area contributed by atoms with Gasteiger partial charge in [-0.1, -0.05) is 157 Å². The molecule has 0 saturated carbocycles. The second kappa shape index (κ2) is 17.1. The topological polar surface area (TPSA) is 32.8 Å². The van der Waals surface area contributed by atoms with Gasteiger partial charge in [0.1, 0.15) is 11.2 Å². The molecule has 4 nitrogen and oxygen atoms in total. The number of hydrogen-bond donors (Lipinski definition) is 0. The van der Waals surface area contributed by atoms with Gasteiger partial charge in [0, 0.05) is 64.2 Å². The molecule has 15 aromatic rings. The van der Waals surface area contributed by atoms with E-state index < -0.39 is 0 Å². The SMILES string of the molecule is Cc1ccc(N(c2ccc3cc4sc5cc6ccc(N(c7ccc(C)cc7-c7ccccc7)c7cccc8c7oc7ccccc78)cc6cc5c4cc3c2)c2cccc3c2oc2ccccc23)c(-c2ccccc2)c1. The van der Waals surface area contributed by atoms with Crippen LogP contribution in [0.2, 0.25) is 0 Å². The van der Waals surface area contributed by atoms with Crippen LogP contribution in [-0.4, -0.2) is 0 Å². The van der Waals surface area contributed by atoms with E-state index in [4.69, 9.17) is 8.83 Å². The normalized spacial score (nSPS) is 11.9. The van der Waals surface area contributed by atoms with Gasteiger partial charge in [-0.3, -0.25) is 0 Å². The van der Waals surface area contributed by atoms with Gasteiger partial charge >= 0.3 is 0 Å². The highest BCUT2D eigenvalue weighted by Crippen LogP contribution is 2.49. The second-order valence-corrected chi connectivity index (χ2v) is 20.9. The van der Waals surface area contributed by atoms with Crippen molar-refractivity contribution in [2.24, 2.45) is 0 Å². The Morgan fingerprint density at radius 2 is 0.733 bits per heavy atom. The molecular weight excluding hydrogens is 933 g/mol. The summed E-state index contributed by atoms with van der Waals surface area (Å²) in [6, 6.07) is 88.1. The van der Waals surface area contributed by atoms with Crippen molar-refractivity contribution in [1.29, 1.82) is 0 Å². The number of fused-ring (bicyclic) bond motifs is 11. The van der Waals surface area contributed by atoms with Crippen molar-refractivity contribution in [3.05, 3.63) is 254 Å². The van der Waals surface area contributed by atoms with Crippen molar-refractivity contribution in [3.63, 3.8) is 0 Å². The molecule has 0 spiro atoms. The Hall–Kier alpha value is -9.42. The van der Waals surface area contributed by atoms with Crippen LogP contribution in [0.4, 0.5) is 34.1 Å². The fraction of sp³-hybridized carbons (Fsp3) is 0.0286. The van der Waals surface area contributed by atoms with Crippen LogP contribution < -0.4 is 9.80 Å². The molecule has 75 heavy (non-hydrogen) atoms. The molecular formula is C70H46N2O2S. The van der Waals surface area contributed by atoms with Crippen LogP contribution in [0.15, 0.2) is 251 Å². The number of hydrogen-bond acceptors (Lipinski definition) is 5. The zero-order chi connectivity index (χ0) is 49.7. The average molecular weight is 979 g/mol. The summed E-state index contributed by atoms with van der Waals surface area (Å²) in [6.07, 6.45) is 0. The van der Waals surface area contributed by atoms with E-state index in [-0.39, 0.29) is 0 Å². The second-order valence-electron chi connectivity index (χ2n) is 19.8. The number of aryl methyl sites for hydroxylation is 2. The van der Waals surface area contributed by atoms with E-state index in [2.05, 4.69) is 254 Å². The minimum absolute atomic E-state index is 0.857. The van der Waals surface area contributed by atoms with E-state index in [1.165, 1.54) is 52.8 Å². The first kappa shape index (κ1) is 43.2. The van der Waals surface area contributed by atoms with Crippen LogP contribution in [0.3, 0.4) is 0 Å². The third-order valence-corrected chi connectivity index (χ3v) is 16.2. The van der Waals surface area contributed by atoms with Crippen molar-refractivity contribution in [1.82, 2.24) is 0 Å². The first-order chi connectivity index (χ1) is 37.0. The van der Waals surface area contributed by atoms with Crippen molar-refractivity contribution in [2.45, 2.75) is 13.8 Å². The third kappa shape index (κ3) is 7.11. The molecule has 354 valence electrons. The van der Waals surface area contributed by atoms with Crippen molar-refractivity contribution in [2.75, 3.05) is 9.80 Å². The summed E-state index contributed by atoms with van der Waals surface area (Å²) in [5, 5.41) is 11.6. The Bertz CT molecular complexity index is 4460. The third-order valence-electron chi connectivity index (χ3n) is 15.1. The van der Waals surface area contributed by atoms with E-state index in [0.29, 0.717) is 0 Å². The van der Waals surface area contributed by atoms with E-state index in [0.717, 1.165) is 100 Å². The van der Waals surface area contributed by atoms with Gasteiger partial charge in [-0.15, -0.1) is 11.3 Å². The zero-order valence-corrected chi connectivity index (χ0v) is 42.0. The van der Waals surface area contributed by atoms with Crippen LogP contribution in [0.1, 0.15) is 11.1 Å². The Balaban J connectivity index is 0.918. The molecule has 0 aliphatic rings. The first-order valence-electron chi connectivity index (χ1n) is 25.5. The van der Waals surface area contributed by atoms with Gasteiger partial charge in [-0.25, -0.2) is 0 Å². The number of rotatable bonds is 8. The van der Waals surface area contributed by atoms with Gasteiger partial charge in [0.15, 0.2) is 11.2 Å². The minimum Gasteiger partial charge on any atom is -0.454 e. The zero-order valence-electron chi connectivity index (χ0n) is 41.2. The monoisotopic (exact) mass is 978 g/mol. The first-order valence-corrected chi connectivity index (χ1v) is 26.4. The number of nitrogens with zero attached hydrogens (tertiary/aromatic N) is 2.